The fraction of sp³-hybridized carbons (Fsp3) is 0.545. The Morgan fingerprint density at radius 2 is 2.07 bits per heavy atom. The molecule has 27 heavy (non-hydrogen) atoms. The summed E-state index contributed by atoms with van der Waals surface area (Å²) in [6.07, 6.45) is 6.62. The van der Waals surface area contributed by atoms with Gasteiger partial charge in [-0.25, -0.2) is 0 Å². The number of hydrogen-bond donors (Lipinski definition) is 1. The fourth-order valence-corrected chi connectivity index (χ4v) is 5.29. The van der Waals surface area contributed by atoms with Crippen LogP contribution < -0.4 is 0 Å². The largest absolute Gasteiger partial charge is 0.466 e. The quantitative estimate of drug-likeness (QED) is 0.789. The van der Waals surface area contributed by atoms with Crippen LogP contribution in [-0.4, -0.2) is 40.5 Å². The van der Waals surface area contributed by atoms with Crippen LogP contribution >= 0.6 is 0 Å². The minimum atomic E-state index is -0.505. The molecule has 0 saturated carbocycles. The lowest BCUT2D eigenvalue weighted by molar-refractivity contribution is -0.158. The number of aromatic amines is 1. The predicted octanol–water partition coefficient (Wildman–Crippen LogP) is 3.82. The molecule has 1 aromatic heterocycles. The molecule has 0 spiro atoms. The van der Waals surface area contributed by atoms with Crippen LogP contribution in [0.2, 0.25) is 0 Å². The third-order valence-corrected chi connectivity index (χ3v) is 6.62. The van der Waals surface area contributed by atoms with Gasteiger partial charge in [-0.05, 0) is 50.7 Å². The van der Waals surface area contributed by atoms with E-state index in [0.717, 1.165) is 37.6 Å². The highest BCUT2D eigenvalue weighted by molar-refractivity contribution is 5.86. The Labute approximate surface area is 160 Å². The Morgan fingerprint density at radius 1 is 1.26 bits per heavy atom. The molecule has 3 atom stereocenters. The molecule has 2 aliphatic rings. The summed E-state index contributed by atoms with van der Waals surface area (Å²) < 4.78 is 5.39. The van der Waals surface area contributed by atoms with Gasteiger partial charge in [0, 0.05) is 35.6 Å². The molecule has 4 rings (SSSR count). The molecule has 2 aromatic rings. The van der Waals surface area contributed by atoms with Crippen molar-refractivity contribution >= 4 is 22.8 Å². The van der Waals surface area contributed by atoms with Crippen LogP contribution in [0.4, 0.5) is 0 Å². The van der Waals surface area contributed by atoms with E-state index < -0.39 is 5.41 Å². The van der Waals surface area contributed by atoms with Crippen LogP contribution in [0.5, 0.6) is 0 Å². The number of benzene rings is 1. The molecule has 3 heterocycles. The van der Waals surface area contributed by atoms with Gasteiger partial charge in [0.05, 0.1) is 12.0 Å². The van der Waals surface area contributed by atoms with E-state index in [4.69, 9.17) is 4.74 Å². The first-order valence-electron chi connectivity index (χ1n) is 10.1. The number of esters is 1. The highest BCUT2D eigenvalue weighted by Crippen LogP contribution is 2.52. The highest BCUT2D eigenvalue weighted by Gasteiger charge is 2.60. The summed E-state index contributed by atoms with van der Waals surface area (Å²) in [7, 11) is 0. The summed E-state index contributed by atoms with van der Waals surface area (Å²) in [4.78, 5) is 31.1. The molecule has 1 aromatic carbocycles. The Balaban J connectivity index is 1.48. The van der Waals surface area contributed by atoms with E-state index in [0.29, 0.717) is 13.0 Å². The van der Waals surface area contributed by atoms with Crippen molar-refractivity contribution in [3.8, 4) is 0 Å². The van der Waals surface area contributed by atoms with E-state index in [1.807, 2.05) is 37.1 Å². The zero-order valence-corrected chi connectivity index (χ0v) is 16.2. The number of aromatic nitrogens is 1. The molecule has 0 aliphatic carbocycles. The third-order valence-electron chi connectivity index (χ3n) is 6.62. The van der Waals surface area contributed by atoms with Gasteiger partial charge in [0.1, 0.15) is 0 Å². The van der Waals surface area contributed by atoms with Crippen LogP contribution in [0.1, 0.15) is 51.5 Å². The Morgan fingerprint density at radius 3 is 2.85 bits per heavy atom. The van der Waals surface area contributed by atoms with Crippen molar-refractivity contribution in [3.63, 3.8) is 0 Å². The standard InChI is InChI=1S/C22H28N2O3/c1-3-22(21(26)27-4-2)13-16-10-11-19(22)24(16)20(25)12-9-15-14-23-18-8-6-5-7-17(15)18/h5-8,14,16,19,23H,3-4,9-13H2,1-2H3/t16-,19+,22+/m1/s1. The van der Waals surface area contributed by atoms with Gasteiger partial charge in [-0.3, -0.25) is 9.59 Å². The molecule has 1 N–H and O–H groups in total. The van der Waals surface area contributed by atoms with E-state index in [-0.39, 0.29) is 24.0 Å². The molecule has 5 heteroatoms. The minimum absolute atomic E-state index is 0.00187. The van der Waals surface area contributed by atoms with Crippen molar-refractivity contribution < 1.29 is 14.3 Å². The van der Waals surface area contributed by atoms with Gasteiger partial charge in [-0.1, -0.05) is 25.1 Å². The molecule has 2 aliphatic heterocycles. The van der Waals surface area contributed by atoms with E-state index in [1.165, 1.54) is 10.9 Å². The average molecular weight is 368 g/mol. The minimum Gasteiger partial charge on any atom is -0.466 e. The van der Waals surface area contributed by atoms with E-state index in [2.05, 4.69) is 17.1 Å². The normalized spacial score (nSPS) is 26.7. The summed E-state index contributed by atoms with van der Waals surface area (Å²) in [5, 5.41) is 1.18. The number of ether oxygens (including phenoxy) is 1. The van der Waals surface area contributed by atoms with Crippen molar-refractivity contribution in [2.24, 2.45) is 5.41 Å². The van der Waals surface area contributed by atoms with E-state index >= 15 is 0 Å². The van der Waals surface area contributed by atoms with Gasteiger partial charge in [-0.15, -0.1) is 0 Å². The molecule has 0 radical (unpaired) electrons. The summed E-state index contributed by atoms with van der Waals surface area (Å²) in [6, 6.07) is 8.37. The number of hydrogen-bond acceptors (Lipinski definition) is 3. The molecule has 5 nitrogen and oxygen atoms in total. The molecule has 2 fully saturated rings. The first-order chi connectivity index (χ1) is 13.1. The maximum atomic E-state index is 13.1. The maximum Gasteiger partial charge on any atom is 0.314 e. The zero-order chi connectivity index (χ0) is 19.0. The number of nitrogens with one attached hydrogen (secondary N) is 1. The second kappa shape index (κ2) is 7.02. The van der Waals surface area contributed by atoms with Crippen molar-refractivity contribution in [1.29, 1.82) is 0 Å². The lowest BCUT2D eigenvalue weighted by Crippen LogP contribution is -2.45. The average Bonchev–Trinajstić information content (AvgIpc) is 3.38. The van der Waals surface area contributed by atoms with Gasteiger partial charge >= 0.3 is 5.97 Å². The lowest BCUT2D eigenvalue weighted by Gasteiger charge is -2.34. The molecule has 2 saturated heterocycles. The number of para-hydroxylation sites is 1. The second-order valence-electron chi connectivity index (χ2n) is 7.84. The second-order valence-corrected chi connectivity index (χ2v) is 7.84. The molecule has 2 bridgehead atoms. The van der Waals surface area contributed by atoms with Gasteiger partial charge < -0.3 is 14.6 Å². The number of H-pyrrole nitrogens is 1. The Kier molecular flexibility index (Phi) is 4.70. The summed E-state index contributed by atoms with van der Waals surface area (Å²) in [5.41, 5.74) is 1.78. The monoisotopic (exact) mass is 368 g/mol. The van der Waals surface area contributed by atoms with E-state index in [9.17, 15) is 9.59 Å². The molecular weight excluding hydrogens is 340 g/mol. The number of amides is 1. The van der Waals surface area contributed by atoms with Gasteiger partial charge in [0.2, 0.25) is 5.91 Å². The zero-order valence-electron chi connectivity index (χ0n) is 16.2. The number of nitrogens with zero attached hydrogens (tertiary/aromatic N) is 1. The fourth-order valence-electron chi connectivity index (χ4n) is 5.29. The smallest absolute Gasteiger partial charge is 0.314 e. The number of aryl methyl sites for hydroxylation is 1. The number of carbonyl (C=O) groups excluding carboxylic acids is 2. The number of rotatable bonds is 6. The summed E-state index contributed by atoms with van der Waals surface area (Å²) in [6.45, 7) is 4.29. The third kappa shape index (κ3) is 2.84. The first-order valence-corrected chi connectivity index (χ1v) is 10.1. The molecule has 144 valence electrons. The lowest BCUT2D eigenvalue weighted by atomic mass is 9.72. The SMILES string of the molecule is CCOC(=O)[C@@]1(CC)C[C@H]2CC[C@@H]1N2C(=O)CCc1c[nH]c2ccccc12. The Bertz CT molecular complexity index is 858. The van der Waals surface area contributed by atoms with Crippen LogP contribution in [0.25, 0.3) is 10.9 Å². The van der Waals surface area contributed by atoms with Crippen LogP contribution in [0.15, 0.2) is 30.5 Å². The topological polar surface area (TPSA) is 62.4 Å². The van der Waals surface area contributed by atoms with Crippen molar-refractivity contribution in [2.45, 2.75) is 64.5 Å². The van der Waals surface area contributed by atoms with Crippen molar-refractivity contribution in [3.05, 3.63) is 36.0 Å². The molecule has 0 unspecified atom stereocenters. The highest BCUT2D eigenvalue weighted by atomic mass is 16.5. The van der Waals surface area contributed by atoms with Gasteiger partial charge in [0.25, 0.3) is 0 Å². The van der Waals surface area contributed by atoms with Crippen LogP contribution in [0, 0.1) is 5.41 Å². The predicted molar refractivity (Wildman–Crippen MR) is 104 cm³/mol. The van der Waals surface area contributed by atoms with E-state index in [1.54, 1.807) is 0 Å². The Hall–Kier alpha value is -2.30. The van der Waals surface area contributed by atoms with Crippen LogP contribution in [0.3, 0.4) is 0 Å². The summed E-state index contributed by atoms with van der Waals surface area (Å²) in [5.74, 6) is 0.0570. The molecule has 1 amide bonds. The number of carbonyl (C=O) groups is 2. The van der Waals surface area contributed by atoms with Gasteiger partial charge in [0.15, 0.2) is 0 Å². The van der Waals surface area contributed by atoms with Crippen molar-refractivity contribution in [1.82, 2.24) is 9.88 Å². The summed E-state index contributed by atoms with van der Waals surface area (Å²) >= 11 is 0. The first kappa shape index (κ1) is 18.1. The van der Waals surface area contributed by atoms with Crippen molar-refractivity contribution in [2.75, 3.05) is 6.61 Å². The molecular formula is C22H28N2O3. The number of fused-ring (bicyclic) bond motifs is 3. The maximum absolute atomic E-state index is 13.1. The van der Waals surface area contributed by atoms with Gasteiger partial charge in [-0.2, -0.15) is 0 Å². The van der Waals surface area contributed by atoms with Crippen LogP contribution in [-0.2, 0) is 20.7 Å².